The smallest absolute Gasteiger partial charge is 0.287 e. The number of nitrogens with one attached hydrogen (secondary N) is 1. The minimum absolute atomic E-state index is 0.0262. The molecule has 0 fully saturated rings. The Morgan fingerprint density at radius 2 is 2.29 bits per heavy atom. The number of aliphatic hydroxyl groups is 1. The molecule has 0 radical (unpaired) electrons. The lowest BCUT2D eigenvalue weighted by molar-refractivity contribution is -0.0461. The lowest BCUT2D eigenvalue weighted by Crippen LogP contribution is -2.39. The number of aromatic nitrogens is 1. The highest BCUT2D eigenvalue weighted by molar-refractivity contribution is 6.29. The minimum atomic E-state index is -3.37. The lowest BCUT2D eigenvalue weighted by Gasteiger charge is -2.14. The molecule has 1 amide bonds. The van der Waals surface area contributed by atoms with Gasteiger partial charge in [-0.25, -0.2) is 13.8 Å². The van der Waals surface area contributed by atoms with E-state index in [4.69, 9.17) is 22.4 Å². The van der Waals surface area contributed by atoms with Crippen molar-refractivity contribution in [3.8, 4) is 0 Å². The predicted octanol–water partition coefficient (Wildman–Crippen LogP) is 0.675. The van der Waals surface area contributed by atoms with Gasteiger partial charge in [-0.2, -0.15) is 0 Å². The molecule has 5 nitrogen and oxygen atoms in total. The van der Waals surface area contributed by atoms with Gasteiger partial charge in [0.25, 0.3) is 11.8 Å². The summed E-state index contributed by atoms with van der Waals surface area (Å²) in [6.45, 7) is -2.33. The van der Waals surface area contributed by atoms with Gasteiger partial charge in [0.1, 0.15) is 11.8 Å². The topological polar surface area (TPSA) is 88.2 Å². The molecule has 0 aliphatic rings. The van der Waals surface area contributed by atoms with E-state index in [1.807, 2.05) is 5.32 Å². The van der Waals surface area contributed by atoms with Gasteiger partial charge >= 0.3 is 0 Å². The quantitative estimate of drug-likeness (QED) is 0.699. The molecule has 8 heteroatoms. The third-order valence-corrected chi connectivity index (χ3v) is 2.09. The third kappa shape index (κ3) is 3.79. The van der Waals surface area contributed by atoms with Crippen molar-refractivity contribution >= 4 is 23.2 Å². The molecule has 0 unspecified atom stereocenters. The molecule has 4 N–H and O–H groups in total. The summed E-state index contributed by atoms with van der Waals surface area (Å²) in [4.78, 5) is 15.1. The normalized spacial score (nSPS) is 11.3. The summed E-state index contributed by atoms with van der Waals surface area (Å²) in [7, 11) is 0. The highest BCUT2D eigenvalue weighted by Crippen LogP contribution is 2.15. The maximum absolute atomic E-state index is 12.7. The van der Waals surface area contributed by atoms with Gasteiger partial charge < -0.3 is 16.2 Å². The number of amides is 1. The number of halogens is 3. The van der Waals surface area contributed by atoms with Crippen LogP contribution in [0.25, 0.3) is 0 Å². The van der Waals surface area contributed by atoms with Crippen LogP contribution in [0.2, 0.25) is 5.15 Å². The van der Waals surface area contributed by atoms with Gasteiger partial charge in [-0.3, -0.25) is 4.79 Å². The Morgan fingerprint density at radius 3 is 2.88 bits per heavy atom. The van der Waals surface area contributed by atoms with Crippen LogP contribution in [0.15, 0.2) is 12.3 Å². The number of carbonyl (C=O) groups is 1. The second-order valence-electron chi connectivity index (χ2n) is 3.29. The van der Waals surface area contributed by atoms with Gasteiger partial charge in [-0.1, -0.05) is 11.6 Å². The number of aliphatic hydroxyl groups excluding tert-OH is 1. The molecule has 0 atom stereocenters. The van der Waals surface area contributed by atoms with Crippen molar-refractivity contribution < 1.29 is 18.7 Å². The lowest BCUT2D eigenvalue weighted by atomic mass is 10.2. The molecule has 0 spiro atoms. The number of rotatable bonds is 4. The molecule has 0 bridgehead atoms. The number of hydrogen-bond acceptors (Lipinski definition) is 4. The first-order valence-corrected chi connectivity index (χ1v) is 4.91. The largest absolute Gasteiger partial charge is 0.397 e. The van der Waals surface area contributed by atoms with Crippen molar-refractivity contribution in [2.75, 3.05) is 18.9 Å². The Bertz CT molecular complexity index is 429. The van der Waals surface area contributed by atoms with Gasteiger partial charge in [-0.05, 0) is 6.07 Å². The van der Waals surface area contributed by atoms with Crippen LogP contribution in [0.4, 0.5) is 14.5 Å². The summed E-state index contributed by atoms with van der Waals surface area (Å²) < 4.78 is 25.3. The number of hydrogen-bond donors (Lipinski definition) is 3. The van der Waals surface area contributed by atoms with E-state index in [1.165, 1.54) is 6.07 Å². The predicted molar refractivity (Wildman–Crippen MR) is 58.0 cm³/mol. The SMILES string of the molecule is Nc1cnc(Cl)cc1C(=O)NCC(F)(F)CO. The van der Waals surface area contributed by atoms with E-state index in [2.05, 4.69) is 4.98 Å². The summed E-state index contributed by atoms with van der Waals surface area (Å²) in [5, 5.41) is 10.3. The Balaban J connectivity index is 2.74. The molecule has 1 aromatic rings. The van der Waals surface area contributed by atoms with E-state index in [0.717, 1.165) is 6.20 Å². The molecule has 0 aliphatic carbocycles. The molecule has 1 rings (SSSR count). The number of anilines is 1. The van der Waals surface area contributed by atoms with Crippen LogP contribution in [-0.2, 0) is 0 Å². The number of nitrogens with two attached hydrogens (primary N) is 1. The van der Waals surface area contributed by atoms with E-state index in [0.29, 0.717) is 0 Å². The zero-order valence-electron chi connectivity index (χ0n) is 8.58. The van der Waals surface area contributed by atoms with Crippen LogP contribution >= 0.6 is 11.6 Å². The van der Waals surface area contributed by atoms with E-state index in [-0.39, 0.29) is 16.4 Å². The molecular weight excluding hydrogens is 256 g/mol. The van der Waals surface area contributed by atoms with E-state index < -0.39 is 25.0 Å². The number of nitrogens with zero attached hydrogens (tertiary/aromatic N) is 1. The molecule has 0 saturated carbocycles. The van der Waals surface area contributed by atoms with Crippen molar-refractivity contribution in [3.05, 3.63) is 23.0 Å². The fraction of sp³-hybridized carbons (Fsp3) is 0.333. The van der Waals surface area contributed by atoms with Crippen molar-refractivity contribution in [3.63, 3.8) is 0 Å². The van der Waals surface area contributed by atoms with Crippen molar-refractivity contribution in [2.45, 2.75) is 5.92 Å². The summed E-state index contributed by atoms with van der Waals surface area (Å²) in [5.74, 6) is -4.18. The Kier molecular flexibility index (Phi) is 4.19. The molecular formula is C9H10ClF2N3O2. The maximum atomic E-state index is 12.7. The minimum Gasteiger partial charge on any atom is -0.397 e. The summed E-state index contributed by atoms with van der Waals surface area (Å²) in [6, 6.07) is 1.17. The van der Waals surface area contributed by atoms with Crippen LogP contribution in [0.3, 0.4) is 0 Å². The van der Waals surface area contributed by atoms with Crippen molar-refractivity contribution in [1.82, 2.24) is 10.3 Å². The van der Waals surface area contributed by atoms with Crippen molar-refractivity contribution in [1.29, 1.82) is 0 Å². The molecule has 0 saturated heterocycles. The zero-order chi connectivity index (χ0) is 13.1. The highest BCUT2D eigenvalue weighted by atomic mass is 35.5. The number of alkyl halides is 2. The van der Waals surface area contributed by atoms with Crippen LogP contribution < -0.4 is 11.1 Å². The molecule has 17 heavy (non-hydrogen) atoms. The number of nitrogen functional groups attached to an aromatic ring is 1. The highest BCUT2D eigenvalue weighted by Gasteiger charge is 2.28. The summed E-state index contributed by atoms with van der Waals surface area (Å²) in [5.41, 5.74) is 5.43. The van der Waals surface area contributed by atoms with Crippen LogP contribution in [0.5, 0.6) is 0 Å². The fourth-order valence-electron chi connectivity index (χ4n) is 0.998. The maximum Gasteiger partial charge on any atom is 0.287 e. The third-order valence-electron chi connectivity index (χ3n) is 1.88. The number of carbonyl (C=O) groups excluding carboxylic acids is 1. The first-order chi connectivity index (χ1) is 7.85. The molecule has 1 heterocycles. The van der Waals surface area contributed by atoms with Crippen LogP contribution in [0, 0.1) is 0 Å². The Morgan fingerprint density at radius 1 is 1.65 bits per heavy atom. The first kappa shape index (κ1) is 13.6. The second kappa shape index (κ2) is 5.24. The molecule has 94 valence electrons. The fourth-order valence-corrected chi connectivity index (χ4v) is 1.16. The monoisotopic (exact) mass is 265 g/mol. The van der Waals surface area contributed by atoms with E-state index >= 15 is 0 Å². The van der Waals surface area contributed by atoms with Gasteiger partial charge in [0.2, 0.25) is 0 Å². The van der Waals surface area contributed by atoms with Crippen molar-refractivity contribution in [2.24, 2.45) is 0 Å². The zero-order valence-corrected chi connectivity index (χ0v) is 9.34. The second-order valence-corrected chi connectivity index (χ2v) is 3.68. The standard InChI is InChI=1S/C9H10ClF2N3O2/c10-7-1-5(6(13)2-14-7)8(17)15-3-9(11,12)4-16/h1-2,16H,3-4,13H2,(H,15,17). The first-order valence-electron chi connectivity index (χ1n) is 4.53. The van der Waals surface area contributed by atoms with Gasteiger partial charge in [0.15, 0.2) is 0 Å². The summed E-state index contributed by atoms with van der Waals surface area (Å²) in [6.07, 6.45) is 1.15. The Hall–Kier alpha value is -1.47. The number of pyridine rings is 1. The molecule has 1 aromatic heterocycles. The molecule has 0 aliphatic heterocycles. The van der Waals surface area contributed by atoms with E-state index in [9.17, 15) is 13.6 Å². The van der Waals surface area contributed by atoms with Crippen LogP contribution in [-0.4, -0.2) is 35.1 Å². The average molecular weight is 266 g/mol. The van der Waals surface area contributed by atoms with Gasteiger partial charge in [-0.15, -0.1) is 0 Å². The Labute approximate surface area is 101 Å². The van der Waals surface area contributed by atoms with Gasteiger partial charge in [0.05, 0.1) is 24.0 Å². The van der Waals surface area contributed by atoms with Gasteiger partial charge in [0, 0.05) is 0 Å². The van der Waals surface area contributed by atoms with E-state index in [1.54, 1.807) is 0 Å². The summed E-state index contributed by atoms with van der Waals surface area (Å²) >= 11 is 5.54. The molecule has 0 aromatic carbocycles. The average Bonchev–Trinajstić information content (AvgIpc) is 2.29. The van der Waals surface area contributed by atoms with Crippen LogP contribution in [0.1, 0.15) is 10.4 Å².